The summed E-state index contributed by atoms with van der Waals surface area (Å²) < 4.78 is 0. The maximum atomic E-state index is 3.49. The van der Waals surface area contributed by atoms with E-state index in [2.05, 4.69) is 70.3 Å². The van der Waals surface area contributed by atoms with Gasteiger partial charge in [0.05, 0.1) is 6.04 Å². The smallest absolute Gasteiger partial charge is 0.0579 e. The molecule has 1 heteroatoms. The van der Waals surface area contributed by atoms with Crippen molar-refractivity contribution in [2.75, 3.05) is 7.05 Å². The van der Waals surface area contributed by atoms with Gasteiger partial charge in [0, 0.05) is 0 Å². The van der Waals surface area contributed by atoms with E-state index >= 15 is 0 Å². The van der Waals surface area contributed by atoms with Crippen LogP contribution < -0.4 is 5.32 Å². The Morgan fingerprint density at radius 1 is 0.750 bits per heavy atom. The van der Waals surface area contributed by atoms with Gasteiger partial charge in [-0.1, -0.05) is 30.3 Å². The Balaban J connectivity index is 2.58. The molecule has 0 fully saturated rings. The Kier molecular flexibility index (Phi) is 4.29. The topological polar surface area (TPSA) is 12.0 Å². The van der Waals surface area contributed by atoms with E-state index < -0.39 is 0 Å². The highest BCUT2D eigenvalue weighted by Crippen LogP contribution is 2.29. The van der Waals surface area contributed by atoms with Gasteiger partial charge in [0.15, 0.2) is 0 Å². The summed E-state index contributed by atoms with van der Waals surface area (Å²) in [5, 5.41) is 3.49. The van der Waals surface area contributed by atoms with Crippen LogP contribution in [-0.4, -0.2) is 7.05 Å². The number of benzene rings is 2. The fourth-order valence-corrected chi connectivity index (χ4v) is 2.86. The second kappa shape index (κ2) is 5.80. The average Bonchev–Trinajstić information content (AvgIpc) is 2.41. The molecular weight excluding hydrogens is 242 g/mol. The molecule has 0 bridgehead atoms. The van der Waals surface area contributed by atoms with Crippen LogP contribution in [0.15, 0.2) is 30.3 Å². The van der Waals surface area contributed by atoms with Crippen LogP contribution in [0.4, 0.5) is 0 Å². The van der Waals surface area contributed by atoms with Crippen molar-refractivity contribution < 1.29 is 0 Å². The Hall–Kier alpha value is -1.60. The van der Waals surface area contributed by atoms with E-state index in [1.165, 1.54) is 38.9 Å². The number of aryl methyl sites for hydroxylation is 4. The molecule has 1 N–H and O–H groups in total. The second-order valence-electron chi connectivity index (χ2n) is 5.80. The Labute approximate surface area is 123 Å². The molecule has 2 rings (SSSR count). The number of rotatable bonds is 3. The van der Waals surface area contributed by atoms with Crippen LogP contribution in [0, 0.1) is 34.6 Å². The summed E-state index contributed by atoms with van der Waals surface area (Å²) in [5.74, 6) is 0. The van der Waals surface area contributed by atoms with E-state index in [1.807, 2.05) is 7.05 Å². The minimum Gasteiger partial charge on any atom is -0.309 e. The summed E-state index contributed by atoms with van der Waals surface area (Å²) >= 11 is 0. The first-order chi connectivity index (χ1) is 9.45. The van der Waals surface area contributed by atoms with E-state index in [-0.39, 0.29) is 6.04 Å². The monoisotopic (exact) mass is 267 g/mol. The van der Waals surface area contributed by atoms with Gasteiger partial charge in [-0.05, 0) is 80.6 Å². The molecular formula is C19H25N. The summed E-state index contributed by atoms with van der Waals surface area (Å²) in [6.07, 6.45) is 0. The van der Waals surface area contributed by atoms with Crippen LogP contribution >= 0.6 is 0 Å². The van der Waals surface area contributed by atoms with Crippen molar-refractivity contribution in [1.82, 2.24) is 5.32 Å². The molecule has 0 aliphatic rings. The highest BCUT2D eigenvalue weighted by Gasteiger charge is 2.17. The second-order valence-corrected chi connectivity index (χ2v) is 5.80. The SMILES string of the molecule is CNC(c1cc(C)c(C)cc1C)c1cccc(C)c1C. The van der Waals surface area contributed by atoms with Gasteiger partial charge in [-0.15, -0.1) is 0 Å². The molecule has 2 aromatic carbocycles. The highest BCUT2D eigenvalue weighted by atomic mass is 14.9. The van der Waals surface area contributed by atoms with Crippen LogP contribution in [-0.2, 0) is 0 Å². The van der Waals surface area contributed by atoms with Crippen molar-refractivity contribution in [2.45, 2.75) is 40.7 Å². The van der Waals surface area contributed by atoms with Crippen molar-refractivity contribution in [3.8, 4) is 0 Å². The molecule has 0 radical (unpaired) electrons. The van der Waals surface area contributed by atoms with Crippen LogP contribution in [0.25, 0.3) is 0 Å². The molecule has 0 saturated heterocycles. The predicted octanol–water partition coefficient (Wildman–Crippen LogP) is 4.54. The third-order valence-corrected chi connectivity index (χ3v) is 4.44. The van der Waals surface area contributed by atoms with Gasteiger partial charge in [0.25, 0.3) is 0 Å². The maximum Gasteiger partial charge on any atom is 0.0579 e. The van der Waals surface area contributed by atoms with Crippen molar-refractivity contribution in [3.05, 3.63) is 69.3 Å². The van der Waals surface area contributed by atoms with Gasteiger partial charge < -0.3 is 5.32 Å². The molecule has 1 unspecified atom stereocenters. The highest BCUT2D eigenvalue weighted by molar-refractivity contribution is 5.45. The lowest BCUT2D eigenvalue weighted by molar-refractivity contribution is 0.681. The third kappa shape index (κ3) is 2.64. The zero-order valence-corrected chi connectivity index (χ0v) is 13.5. The van der Waals surface area contributed by atoms with Crippen LogP contribution in [0.2, 0.25) is 0 Å². The zero-order chi connectivity index (χ0) is 14.9. The first kappa shape index (κ1) is 14.8. The molecule has 0 aromatic heterocycles. The fourth-order valence-electron chi connectivity index (χ4n) is 2.86. The van der Waals surface area contributed by atoms with Crippen LogP contribution in [0.5, 0.6) is 0 Å². The number of nitrogens with one attached hydrogen (secondary N) is 1. The van der Waals surface area contributed by atoms with Gasteiger partial charge in [-0.3, -0.25) is 0 Å². The van der Waals surface area contributed by atoms with E-state index in [9.17, 15) is 0 Å². The molecule has 2 aromatic rings. The first-order valence-electron chi connectivity index (χ1n) is 7.26. The average molecular weight is 267 g/mol. The summed E-state index contributed by atoms with van der Waals surface area (Å²) in [7, 11) is 2.04. The largest absolute Gasteiger partial charge is 0.309 e. The van der Waals surface area contributed by atoms with Gasteiger partial charge in [0.2, 0.25) is 0 Å². The number of hydrogen-bond donors (Lipinski definition) is 1. The minimum atomic E-state index is 0.259. The standard InChI is InChI=1S/C19H25N/c1-12-8-7-9-17(16(12)5)19(20-6)18-11-14(3)13(2)10-15(18)4/h7-11,19-20H,1-6H3. The van der Waals surface area contributed by atoms with E-state index in [0.29, 0.717) is 0 Å². The lowest BCUT2D eigenvalue weighted by atomic mass is 9.88. The zero-order valence-electron chi connectivity index (χ0n) is 13.5. The Bertz CT molecular complexity index is 626. The predicted molar refractivity (Wildman–Crippen MR) is 87.5 cm³/mol. The summed E-state index contributed by atoms with van der Waals surface area (Å²) in [5.41, 5.74) is 9.56. The molecule has 0 amide bonds. The van der Waals surface area contributed by atoms with E-state index in [0.717, 1.165) is 0 Å². The summed E-state index contributed by atoms with van der Waals surface area (Å²) in [6.45, 7) is 11.0. The van der Waals surface area contributed by atoms with Crippen LogP contribution in [0.1, 0.15) is 45.0 Å². The Morgan fingerprint density at radius 2 is 1.40 bits per heavy atom. The molecule has 0 aliphatic carbocycles. The molecule has 0 spiro atoms. The number of hydrogen-bond acceptors (Lipinski definition) is 1. The maximum absolute atomic E-state index is 3.49. The van der Waals surface area contributed by atoms with Gasteiger partial charge in [0.1, 0.15) is 0 Å². The lowest BCUT2D eigenvalue weighted by Gasteiger charge is -2.23. The van der Waals surface area contributed by atoms with Crippen molar-refractivity contribution >= 4 is 0 Å². The molecule has 0 aliphatic heterocycles. The molecule has 0 heterocycles. The third-order valence-electron chi connectivity index (χ3n) is 4.44. The molecule has 106 valence electrons. The van der Waals surface area contributed by atoms with Crippen molar-refractivity contribution in [1.29, 1.82) is 0 Å². The van der Waals surface area contributed by atoms with E-state index in [4.69, 9.17) is 0 Å². The van der Waals surface area contributed by atoms with Gasteiger partial charge in [-0.25, -0.2) is 0 Å². The molecule has 1 atom stereocenters. The lowest BCUT2D eigenvalue weighted by Crippen LogP contribution is -2.20. The normalized spacial score (nSPS) is 12.5. The molecule has 1 nitrogen and oxygen atoms in total. The van der Waals surface area contributed by atoms with Crippen LogP contribution in [0.3, 0.4) is 0 Å². The molecule has 20 heavy (non-hydrogen) atoms. The summed E-state index contributed by atoms with van der Waals surface area (Å²) in [4.78, 5) is 0. The Morgan fingerprint density at radius 3 is 2.05 bits per heavy atom. The minimum absolute atomic E-state index is 0.259. The quantitative estimate of drug-likeness (QED) is 0.861. The van der Waals surface area contributed by atoms with Crippen molar-refractivity contribution in [2.24, 2.45) is 0 Å². The van der Waals surface area contributed by atoms with E-state index in [1.54, 1.807) is 0 Å². The summed E-state index contributed by atoms with van der Waals surface area (Å²) in [6, 6.07) is 11.4. The fraction of sp³-hybridized carbons (Fsp3) is 0.368. The first-order valence-corrected chi connectivity index (χ1v) is 7.26. The molecule has 0 saturated carbocycles. The van der Waals surface area contributed by atoms with Crippen molar-refractivity contribution in [3.63, 3.8) is 0 Å². The van der Waals surface area contributed by atoms with Gasteiger partial charge >= 0.3 is 0 Å². The van der Waals surface area contributed by atoms with Gasteiger partial charge in [-0.2, -0.15) is 0 Å².